The molecule has 25 heavy (non-hydrogen) atoms. The van der Waals surface area contributed by atoms with Crippen LogP contribution in [0, 0.1) is 10.1 Å². The van der Waals surface area contributed by atoms with Gasteiger partial charge in [-0.15, -0.1) is 0 Å². The van der Waals surface area contributed by atoms with Gasteiger partial charge in [0.25, 0.3) is 5.69 Å². The lowest BCUT2D eigenvalue weighted by Gasteiger charge is -2.15. The molecule has 0 aliphatic rings. The molecule has 3 rings (SSSR count). The number of aliphatic hydroxyl groups excluding tert-OH is 1. The van der Waals surface area contributed by atoms with Crippen molar-refractivity contribution >= 4 is 5.69 Å². The van der Waals surface area contributed by atoms with Gasteiger partial charge in [-0.25, -0.2) is 0 Å². The number of non-ortho nitro benzene ring substituents is 1. The standard InChI is InChI=1S/C18H17N3O4/c1-2-20-12-13(11-19-20)18(22)16-10-14(21(23)24)8-9-17(16)25-15-6-4-3-5-7-15/h3-12,18,22H,2H2,1H3. The number of nitro groups is 1. The average molecular weight is 339 g/mol. The summed E-state index contributed by atoms with van der Waals surface area (Å²) in [5.41, 5.74) is 0.742. The second-order valence-electron chi connectivity index (χ2n) is 5.43. The maximum absolute atomic E-state index is 11.1. The molecule has 2 aromatic carbocycles. The van der Waals surface area contributed by atoms with Crippen molar-refractivity contribution in [2.45, 2.75) is 19.6 Å². The molecule has 1 atom stereocenters. The molecule has 7 heteroatoms. The van der Waals surface area contributed by atoms with E-state index in [-0.39, 0.29) is 5.69 Å². The number of aromatic nitrogens is 2. The highest BCUT2D eigenvalue weighted by molar-refractivity contribution is 5.48. The van der Waals surface area contributed by atoms with E-state index in [1.165, 1.54) is 18.2 Å². The van der Waals surface area contributed by atoms with E-state index >= 15 is 0 Å². The Labute approximate surface area is 144 Å². The third-order valence-corrected chi connectivity index (χ3v) is 3.76. The summed E-state index contributed by atoms with van der Waals surface area (Å²) >= 11 is 0. The summed E-state index contributed by atoms with van der Waals surface area (Å²) < 4.78 is 7.48. The summed E-state index contributed by atoms with van der Waals surface area (Å²) in [4.78, 5) is 10.6. The van der Waals surface area contributed by atoms with E-state index in [0.717, 1.165) is 0 Å². The van der Waals surface area contributed by atoms with Crippen molar-refractivity contribution in [1.82, 2.24) is 9.78 Å². The molecule has 0 spiro atoms. The number of aryl methyl sites for hydroxylation is 1. The van der Waals surface area contributed by atoms with Crippen LogP contribution in [0.15, 0.2) is 60.9 Å². The van der Waals surface area contributed by atoms with Gasteiger partial charge in [-0.3, -0.25) is 14.8 Å². The lowest BCUT2D eigenvalue weighted by molar-refractivity contribution is -0.385. The Morgan fingerprint density at radius 2 is 2.04 bits per heavy atom. The quantitative estimate of drug-likeness (QED) is 0.546. The fourth-order valence-electron chi connectivity index (χ4n) is 2.44. The number of ether oxygens (including phenoxy) is 1. The predicted octanol–water partition coefficient (Wildman–Crippen LogP) is 3.69. The molecule has 1 N–H and O–H groups in total. The molecule has 0 aliphatic carbocycles. The van der Waals surface area contributed by atoms with Crippen molar-refractivity contribution in [3.8, 4) is 11.5 Å². The minimum Gasteiger partial charge on any atom is -0.457 e. The van der Waals surface area contributed by atoms with Crippen LogP contribution in [0.2, 0.25) is 0 Å². The van der Waals surface area contributed by atoms with Crippen LogP contribution >= 0.6 is 0 Å². The molecule has 1 unspecified atom stereocenters. The maximum atomic E-state index is 11.1. The number of para-hydroxylation sites is 1. The first-order valence-electron chi connectivity index (χ1n) is 7.80. The van der Waals surface area contributed by atoms with Crippen LogP contribution in [-0.2, 0) is 6.54 Å². The van der Waals surface area contributed by atoms with Gasteiger partial charge in [0.05, 0.1) is 11.1 Å². The van der Waals surface area contributed by atoms with Gasteiger partial charge >= 0.3 is 0 Å². The molecule has 7 nitrogen and oxygen atoms in total. The fraction of sp³-hybridized carbons (Fsp3) is 0.167. The Balaban J connectivity index is 2.01. The zero-order valence-corrected chi connectivity index (χ0v) is 13.6. The molecule has 0 amide bonds. The molecule has 0 radical (unpaired) electrons. The number of aliphatic hydroxyl groups is 1. The molecule has 128 valence electrons. The van der Waals surface area contributed by atoms with Crippen LogP contribution in [0.1, 0.15) is 24.2 Å². The van der Waals surface area contributed by atoms with E-state index in [2.05, 4.69) is 5.10 Å². The van der Waals surface area contributed by atoms with E-state index in [1.807, 2.05) is 25.1 Å². The third-order valence-electron chi connectivity index (χ3n) is 3.76. The normalized spacial score (nSPS) is 11.9. The second kappa shape index (κ2) is 7.14. The molecule has 1 heterocycles. The van der Waals surface area contributed by atoms with Crippen LogP contribution in [0.5, 0.6) is 11.5 Å². The summed E-state index contributed by atoms with van der Waals surface area (Å²) in [6.45, 7) is 2.59. The molecular weight excluding hydrogens is 322 g/mol. The topological polar surface area (TPSA) is 90.4 Å². The van der Waals surface area contributed by atoms with E-state index in [4.69, 9.17) is 4.74 Å². The molecule has 0 bridgehead atoms. The van der Waals surface area contributed by atoms with Crippen molar-refractivity contribution in [3.63, 3.8) is 0 Å². The smallest absolute Gasteiger partial charge is 0.270 e. The molecule has 1 aromatic heterocycles. The Bertz CT molecular complexity index is 877. The monoisotopic (exact) mass is 339 g/mol. The number of hydrogen-bond acceptors (Lipinski definition) is 5. The van der Waals surface area contributed by atoms with E-state index < -0.39 is 11.0 Å². The van der Waals surface area contributed by atoms with E-state index in [1.54, 1.807) is 29.2 Å². The first kappa shape index (κ1) is 16.7. The van der Waals surface area contributed by atoms with Gasteiger partial charge in [0.15, 0.2) is 0 Å². The van der Waals surface area contributed by atoms with Crippen LogP contribution in [0.25, 0.3) is 0 Å². The summed E-state index contributed by atoms with van der Waals surface area (Å²) in [7, 11) is 0. The summed E-state index contributed by atoms with van der Waals surface area (Å²) in [5, 5.41) is 25.9. The van der Waals surface area contributed by atoms with Gasteiger partial charge in [0, 0.05) is 36.0 Å². The Morgan fingerprint density at radius 1 is 1.28 bits per heavy atom. The van der Waals surface area contributed by atoms with E-state index in [9.17, 15) is 15.2 Å². The van der Waals surface area contributed by atoms with Gasteiger partial charge in [-0.1, -0.05) is 18.2 Å². The Morgan fingerprint density at radius 3 is 2.68 bits per heavy atom. The van der Waals surface area contributed by atoms with E-state index in [0.29, 0.717) is 29.2 Å². The van der Waals surface area contributed by atoms with Crippen molar-refractivity contribution in [1.29, 1.82) is 0 Å². The van der Waals surface area contributed by atoms with Crippen LogP contribution in [0.4, 0.5) is 5.69 Å². The zero-order valence-electron chi connectivity index (χ0n) is 13.6. The van der Waals surface area contributed by atoms with Gasteiger partial charge in [0.2, 0.25) is 0 Å². The first-order chi connectivity index (χ1) is 12.1. The van der Waals surface area contributed by atoms with Gasteiger partial charge in [-0.05, 0) is 25.1 Å². The minimum absolute atomic E-state index is 0.114. The van der Waals surface area contributed by atoms with Gasteiger partial charge in [0.1, 0.15) is 17.6 Å². The summed E-state index contributed by atoms with van der Waals surface area (Å²) in [6, 6.07) is 13.2. The second-order valence-corrected chi connectivity index (χ2v) is 5.43. The Kier molecular flexibility index (Phi) is 4.76. The van der Waals surface area contributed by atoms with Crippen molar-refractivity contribution in [2.24, 2.45) is 0 Å². The third kappa shape index (κ3) is 3.67. The molecular formula is C18H17N3O4. The number of nitro benzene ring substituents is 1. The first-order valence-corrected chi connectivity index (χ1v) is 7.80. The number of nitrogens with zero attached hydrogens (tertiary/aromatic N) is 3. The van der Waals surface area contributed by atoms with Crippen LogP contribution < -0.4 is 4.74 Å². The molecule has 0 saturated carbocycles. The number of rotatable bonds is 6. The van der Waals surface area contributed by atoms with Gasteiger partial charge in [-0.2, -0.15) is 5.10 Å². The van der Waals surface area contributed by atoms with Crippen molar-refractivity contribution < 1.29 is 14.8 Å². The zero-order chi connectivity index (χ0) is 17.8. The maximum Gasteiger partial charge on any atom is 0.270 e. The summed E-state index contributed by atoms with van der Waals surface area (Å²) in [6.07, 6.45) is 2.16. The predicted molar refractivity (Wildman–Crippen MR) is 91.6 cm³/mol. The van der Waals surface area contributed by atoms with Crippen molar-refractivity contribution in [2.75, 3.05) is 0 Å². The lowest BCUT2D eigenvalue weighted by atomic mass is 10.0. The minimum atomic E-state index is -1.08. The molecule has 3 aromatic rings. The SMILES string of the molecule is CCn1cc(C(O)c2cc([N+](=O)[O-])ccc2Oc2ccccc2)cn1. The molecule has 0 saturated heterocycles. The number of benzene rings is 2. The fourth-order valence-corrected chi connectivity index (χ4v) is 2.44. The van der Waals surface area contributed by atoms with Crippen molar-refractivity contribution in [3.05, 3.63) is 82.2 Å². The molecule has 0 aliphatic heterocycles. The molecule has 0 fully saturated rings. The highest BCUT2D eigenvalue weighted by Gasteiger charge is 2.21. The lowest BCUT2D eigenvalue weighted by Crippen LogP contribution is -2.03. The average Bonchev–Trinajstić information content (AvgIpc) is 3.11. The highest BCUT2D eigenvalue weighted by Crippen LogP contribution is 2.35. The Hall–Kier alpha value is -3.19. The van der Waals surface area contributed by atoms with Crippen LogP contribution in [0.3, 0.4) is 0 Å². The van der Waals surface area contributed by atoms with Gasteiger partial charge < -0.3 is 9.84 Å². The largest absolute Gasteiger partial charge is 0.457 e. The number of hydrogen-bond donors (Lipinski definition) is 1. The highest BCUT2D eigenvalue weighted by atomic mass is 16.6. The summed E-state index contributed by atoms with van der Waals surface area (Å²) in [5.74, 6) is 0.933. The van der Waals surface area contributed by atoms with Crippen LogP contribution in [-0.4, -0.2) is 19.8 Å².